The summed E-state index contributed by atoms with van der Waals surface area (Å²) in [6, 6.07) is 1.68. The van der Waals surface area contributed by atoms with Gasteiger partial charge < -0.3 is 0 Å². The van der Waals surface area contributed by atoms with Gasteiger partial charge in [-0.1, -0.05) is 12.2 Å². The summed E-state index contributed by atoms with van der Waals surface area (Å²) in [4.78, 5) is 4.73. The van der Waals surface area contributed by atoms with Crippen LogP contribution < -0.4 is 0 Å². The van der Waals surface area contributed by atoms with E-state index in [0.29, 0.717) is 15.5 Å². The minimum Gasteiger partial charge on any atom is -0.254 e. The predicted molar refractivity (Wildman–Crippen MR) is 52.7 cm³/mol. The standard InChI is InChI=1S/C8H7NO2S2/c1-5-2-3-9-7-6(12)4-13(10,11)8(5)7/h2-3H,4H2,1H3. The predicted octanol–water partition coefficient (Wildman–Crippen LogP) is 0.895. The molecule has 0 bridgehead atoms. The van der Waals surface area contributed by atoms with Crippen LogP contribution in [-0.2, 0) is 9.84 Å². The van der Waals surface area contributed by atoms with Crippen molar-refractivity contribution in [1.29, 1.82) is 0 Å². The molecule has 5 heteroatoms. The smallest absolute Gasteiger partial charge is 0.185 e. The highest BCUT2D eigenvalue weighted by Crippen LogP contribution is 2.27. The van der Waals surface area contributed by atoms with Crippen LogP contribution in [0.3, 0.4) is 0 Å². The van der Waals surface area contributed by atoms with Gasteiger partial charge in [0, 0.05) is 6.20 Å². The van der Waals surface area contributed by atoms with Crippen molar-refractivity contribution in [3.8, 4) is 0 Å². The zero-order valence-electron chi connectivity index (χ0n) is 6.94. The first-order valence-corrected chi connectivity index (χ1v) is 5.80. The zero-order chi connectivity index (χ0) is 9.64. The fraction of sp³-hybridized carbons (Fsp3) is 0.250. The van der Waals surface area contributed by atoms with E-state index in [4.69, 9.17) is 12.2 Å². The normalized spacial score (nSPS) is 18.7. The summed E-state index contributed by atoms with van der Waals surface area (Å²) in [6.07, 6.45) is 1.58. The molecule has 3 nitrogen and oxygen atoms in total. The van der Waals surface area contributed by atoms with Crippen molar-refractivity contribution in [2.75, 3.05) is 5.75 Å². The molecule has 0 radical (unpaired) electrons. The molecule has 0 aliphatic carbocycles. The first-order valence-electron chi connectivity index (χ1n) is 3.74. The summed E-state index contributed by atoms with van der Waals surface area (Å²) in [6.45, 7) is 1.76. The second kappa shape index (κ2) is 2.59. The van der Waals surface area contributed by atoms with E-state index in [9.17, 15) is 8.42 Å². The van der Waals surface area contributed by atoms with Crippen molar-refractivity contribution in [1.82, 2.24) is 4.98 Å². The van der Waals surface area contributed by atoms with Gasteiger partial charge in [-0.15, -0.1) is 0 Å². The van der Waals surface area contributed by atoms with Crippen LogP contribution in [0.2, 0.25) is 0 Å². The zero-order valence-corrected chi connectivity index (χ0v) is 8.58. The molecule has 0 amide bonds. The van der Waals surface area contributed by atoms with Gasteiger partial charge in [0.05, 0.1) is 21.2 Å². The van der Waals surface area contributed by atoms with E-state index in [1.807, 2.05) is 0 Å². The number of fused-ring (bicyclic) bond motifs is 1. The van der Waals surface area contributed by atoms with Crippen molar-refractivity contribution in [3.63, 3.8) is 0 Å². The van der Waals surface area contributed by atoms with Gasteiger partial charge in [-0.25, -0.2) is 8.42 Å². The summed E-state index contributed by atoms with van der Waals surface area (Å²) in [5, 5.41) is 0. The van der Waals surface area contributed by atoms with Crippen molar-refractivity contribution in [2.24, 2.45) is 0 Å². The number of sulfone groups is 1. The quantitative estimate of drug-likeness (QED) is 0.601. The maximum absolute atomic E-state index is 11.6. The Labute approximate surface area is 81.7 Å². The van der Waals surface area contributed by atoms with Gasteiger partial charge in [0.25, 0.3) is 0 Å². The van der Waals surface area contributed by atoms with Gasteiger partial charge in [-0.2, -0.15) is 0 Å². The Morgan fingerprint density at radius 1 is 1.54 bits per heavy atom. The van der Waals surface area contributed by atoms with E-state index in [0.717, 1.165) is 5.56 Å². The number of hydrogen-bond donors (Lipinski definition) is 0. The number of thiocarbonyl (C=S) groups is 1. The third-order valence-corrected chi connectivity index (χ3v) is 4.32. The highest BCUT2D eigenvalue weighted by molar-refractivity contribution is 7.95. The molecule has 2 heterocycles. The van der Waals surface area contributed by atoms with Crippen LogP contribution in [0.25, 0.3) is 0 Å². The third kappa shape index (κ3) is 1.19. The SMILES string of the molecule is Cc1ccnc2c1S(=O)(=O)CC2=S. The Balaban J connectivity index is 2.89. The lowest BCUT2D eigenvalue weighted by atomic mass is 10.2. The molecule has 0 aromatic carbocycles. The van der Waals surface area contributed by atoms with Gasteiger partial charge in [-0.3, -0.25) is 4.98 Å². The molecule has 0 fully saturated rings. The molecule has 13 heavy (non-hydrogen) atoms. The minimum absolute atomic E-state index is 0.0600. The largest absolute Gasteiger partial charge is 0.254 e. The highest BCUT2D eigenvalue weighted by atomic mass is 32.2. The molecule has 0 N–H and O–H groups in total. The van der Waals surface area contributed by atoms with Crippen LogP contribution in [0.15, 0.2) is 17.2 Å². The van der Waals surface area contributed by atoms with Gasteiger partial charge in [0.15, 0.2) is 9.84 Å². The number of pyridine rings is 1. The summed E-state index contributed by atoms with van der Waals surface area (Å²) >= 11 is 4.94. The molecule has 0 unspecified atom stereocenters. The molecule has 0 saturated heterocycles. The third-order valence-electron chi connectivity index (χ3n) is 2.00. The molecule has 0 saturated carbocycles. The molecule has 68 valence electrons. The maximum Gasteiger partial charge on any atom is 0.185 e. The average Bonchev–Trinajstić information content (AvgIpc) is 2.24. The van der Waals surface area contributed by atoms with Gasteiger partial charge in [-0.05, 0) is 18.6 Å². The van der Waals surface area contributed by atoms with Crippen LogP contribution in [0.4, 0.5) is 0 Å². The fourth-order valence-corrected chi connectivity index (χ4v) is 3.79. The van der Waals surface area contributed by atoms with E-state index in [-0.39, 0.29) is 5.75 Å². The first-order chi connectivity index (χ1) is 6.02. The Morgan fingerprint density at radius 2 is 2.23 bits per heavy atom. The van der Waals surface area contributed by atoms with Crippen LogP contribution in [-0.4, -0.2) is 24.0 Å². The number of nitrogens with zero attached hydrogens (tertiary/aromatic N) is 1. The van der Waals surface area contributed by atoms with E-state index in [1.165, 1.54) is 0 Å². The molecule has 2 rings (SSSR count). The van der Waals surface area contributed by atoms with E-state index in [2.05, 4.69) is 4.98 Å². The summed E-state index contributed by atoms with van der Waals surface area (Å²) in [7, 11) is -3.19. The molecule has 0 spiro atoms. The molecular weight excluding hydrogens is 206 g/mol. The lowest BCUT2D eigenvalue weighted by Gasteiger charge is -1.99. The molecule has 1 aromatic heterocycles. The van der Waals surface area contributed by atoms with Crippen LogP contribution >= 0.6 is 12.2 Å². The van der Waals surface area contributed by atoms with E-state index in [1.54, 1.807) is 19.2 Å². The van der Waals surface area contributed by atoms with Crippen molar-refractivity contribution < 1.29 is 8.42 Å². The number of hydrogen-bond acceptors (Lipinski definition) is 4. The number of aryl methyl sites for hydroxylation is 1. The Kier molecular flexibility index (Phi) is 1.75. The lowest BCUT2D eigenvalue weighted by Crippen LogP contribution is -2.03. The second-order valence-electron chi connectivity index (χ2n) is 2.99. The van der Waals surface area contributed by atoms with Crippen LogP contribution in [0.5, 0.6) is 0 Å². The summed E-state index contributed by atoms with van der Waals surface area (Å²) < 4.78 is 23.1. The number of aromatic nitrogens is 1. The Hall–Kier alpha value is -0.810. The first kappa shape index (κ1) is 8.77. The van der Waals surface area contributed by atoms with Crippen molar-refractivity contribution in [3.05, 3.63) is 23.5 Å². The topological polar surface area (TPSA) is 47.0 Å². The highest BCUT2D eigenvalue weighted by Gasteiger charge is 2.32. The van der Waals surface area contributed by atoms with E-state index >= 15 is 0 Å². The second-order valence-corrected chi connectivity index (χ2v) is 5.41. The van der Waals surface area contributed by atoms with Crippen molar-refractivity contribution >= 4 is 26.9 Å². The molecule has 1 aliphatic heterocycles. The molecule has 1 aliphatic rings. The summed E-state index contributed by atoms with van der Waals surface area (Å²) in [5.74, 6) is -0.0600. The monoisotopic (exact) mass is 213 g/mol. The Morgan fingerprint density at radius 3 is 2.85 bits per heavy atom. The van der Waals surface area contributed by atoms with E-state index < -0.39 is 9.84 Å². The number of rotatable bonds is 0. The fourth-order valence-electron chi connectivity index (χ4n) is 1.45. The lowest BCUT2D eigenvalue weighted by molar-refractivity contribution is 0.600. The minimum atomic E-state index is -3.19. The Bertz CT molecular complexity index is 491. The summed E-state index contributed by atoms with van der Waals surface area (Å²) in [5.41, 5.74) is 1.19. The maximum atomic E-state index is 11.6. The molecule has 0 atom stereocenters. The van der Waals surface area contributed by atoms with Gasteiger partial charge in [0.2, 0.25) is 0 Å². The van der Waals surface area contributed by atoms with Crippen LogP contribution in [0.1, 0.15) is 11.3 Å². The molecular formula is C8H7NO2S2. The van der Waals surface area contributed by atoms with Crippen molar-refractivity contribution in [2.45, 2.75) is 11.8 Å². The van der Waals surface area contributed by atoms with Gasteiger partial charge >= 0.3 is 0 Å². The van der Waals surface area contributed by atoms with Gasteiger partial charge in [0.1, 0.15) is 0 Å². The average molecular weight is 213 g/mol. The molecule has 1 aromatic rings. The van der Waals surface area contributed by atoms with Crippen LogP contribution in [0, 0.1) is 6.92 Å².